The van der Waals surface area contributed by atoms with E-state index in [2.05, 4.69) is 34.6 Å². The van der Waals surface area contributed by atoms with Crippen LogP contribution in [0.3, 0.4) is 0 Å². The van der Waals surface area contributed by atoms with Crippen molar-refractivity contribution in [2.45, 2.75) is 77.9 Å². The highest BCUT2D eigenvalue weighted by Gasteiger charge is 2.41. The highest BCUT2D eigenvalue weighted by atomic mass is 16.5. The molecule has 1 aliphatic heterocycles. The molecule has 1 rings (SSSR count). The lowest BCUT2D eigenvalue weighted by molar-refractivity contribution is -0.159. The minimum absolute atomic E-state index is 0.120. The molecule has 0 amide bonds. The summed E-state index contributed by atoms with van der Waals surface area (Å²) in [7, 11) is 0. The van der Waals surface area contributed by atoms with Gasteiger partial charge in [-0.3, -0.25) is 0 Å². The molecule has 1 fully saturated rings. The SMILES string of the molecule is CCC1(C)CC(O)(CC(C)CC(C)C)CCO1. The summed E-state index contributed by atoms with van der Waals surface area (Å²) in [5, 5.41) is 10.7. The topological polar surface area (TPSA) is 29.5 Å². The van der Waals surface area contributed by atoms with E-state index in [-0.39, 0.29) is 5.60 Å². The van der Waals surface area contributed by atoms with Gasteiger partial charge in [0.25, 0.3) is 0 Å². The van der Waals surface area contributed by atoms with Crippen molar-refractivity contribution in [3.05, 3.63) is 0 Å². The van der Waals surface area contributed by atoms with Gasteiger partial charge < -0.3 is 9.84 Å². The smallest absolute Gasteiger partial charge is 0.0699 e. The molecular formula is C15H30O2. The van der Waals surface area contributed by atoms with Gasteiger partial charge in [0.05, 0.1) is 17.8 Å². The Morgan fingerprint density at radius 2 is 1.94 bits per heavy atom. The van der Waals surface area contributed by atoms with Crippen molar-refractivity contribution in [1.82, 2.24) is 0 Å². The van der Waals surface area contributed by atoms with E-state index in [0.717, 1.165) is 25.7 Å². The summed E-state index contributed by atoms with van der Waals surface area (Å²) in [4.78, 5) is 0. The molecule has 0 aliphatic carbocycles. The van der Waals surface area contributed by atoms with Crippen LogP contribution >= 0.6 is 0 Å². The molecule has 1 N–H and O–H groups in total. The Morgan fingerprint density at radius 1 is 1.29 bits per heavy atom. The summed E-state index contributed by atoms with van der Waals surface area (Å²) in [6.45, 7) is 11.7. The second-order valence-corrected chi connectivity index (χ2v) is 6.74. The first-order valence-corrected chi connectivity index (χ1v) is 7.15. The van der Waals surface area contributed by atoms with Gasteiger partial charge in [0.2, 0.25) is 0 Å². The van der Waals surface area contributed by atoms with E-state index in [0.29, 0.717) is 18.4 Å². The zero-order valence-electron chi connectivity index (χ0n) is 12.3. The van der Waals surface area contributed by atoms with Gasteiger partial charge in [-0.1, -0.05) is 27.7 Å². The second kappa shape index (κ2) is 5.71. The van der Waals surface area contributed by atoms with Crippen LogP contribution in [0.4, 0.5) is 0 Å². The lowest BCUT2D eigenvalue weighted by Gasteiger charge is -2.44. The van der Waals surface area contributed by atoms with E-state index < -0.39 is 5.60 Å². The van der Waals surface area contributed by atoms with Crippen molar-refractivity contribution in [1.29, 1.82) is 0 Å². The molecule has 0 radical (unpaired) electrons. The molecule has 1 saturated heterocycles. The van der Waals surface area contributed by atoms with Crippen LogP contribution in [0, 0.1) is 11.8 Å². The zero-order valence-corrected chi connectivity index (χ0v) is 12.3. The Morgan fingerprint density at radius 3 is 2.47 bits per heavy atom. The van der Waals surface area contributed by atoms with Crippen molar-refractivity contribution in [2.75, 3.05) is 6.61 Å². The first-order chi connectivity index (χ1) is 7.79. The van der Waals surface area contributed by atoms with Crippen LogP contribution in [0.5, 0.6) is 0 Å². The minimum Gasteiger partial charge on any atom is -0.390 e. The molecule has 1 heterocycles. The molecule has 0 aromatic carbocycles. The third-order valence-electron chi connectivity index (χ3n) is 4.07. The maximum Gasteiger partial charge on any atom is 0.0699 e. The van der Waals surface area contributed by atoms with Crippen LogP contribution in [0.15, 0.2) is 0 Å². The fourth-order valence-corrected chi connectivity index (χ4v) is 3.26. The Balaban J connectivity index is 2.55. The zero-order chi connectivity index (χ0) is 13.1. The number of aliphatic hydroxyl groups is 1. The number of ether oxygens (including phenoxy) is 1. The Kier molecular flexibility index (Phi) is 5.03. The third-order valence-corrected chi connectivity index (χ3v) is 4.07. The van der Waals surface area contributed by atoms with Gasteiger partial charge in [0.15, 0.2) is 0 Å². The summed E-state index contributed by atoms with van der Waals surface area (Å²) >= 11 is 0. The van der Waals surface area contributed by atoms with Gasteiger partial charge in [-0.15, -0.1) is 0 Å². The van der Waals surface area contributed by atoms with Gasteiger partial charge in [0.1, 0.15) is 0 Å². The molecule has 0 saturated carbocycles. The predicted molar refractivity (Wildman–Crippen MR) is 72.1 cm³/mol. The average Bonchev–Trinajstić information content (AvgIpc) is 2.14. The van der Waals surface area contributed by atoms with Crippen LogP contribution in [0.1, 0.15) is 66.7 Å². The van der Waals surface area contributed by atoms with E-state index in [9.17, 15) is 5.11 Å². The van der Waals surface area contributed by atoms with E-state index >= 15 is 0 Å². The Bertz CT molecular complexity index is 239. The summed E-state index contributed by atoms with van der Waals surface area (Å²) in [5.74, 6) is 1.31. The van der Waals surface area contributed by atoms with E-state index in [1.165, 1.54) is 6.42 Å². The van der Waals surface area contributed by atoms with Crippen molar-refractivity contribution in [2.24, 2.45) is 11.8 Å². The molecule has 2 heteroatoms. The van der Waals surface area contributed by atoms with E-state index in [1.807, 2.05) is 0 Å². The standard InChI is InChI=1S/C15H30O2/c1-6-14(5)11-15(16,7-8-17-14)10-13(4)9-12(2)3/h12-13,16H,6-11H2,1-5H3. The molecule has 102 valence electrons. The monoisotopic (exact) mass is 242 g/mol. The molecule has 3 atom stereocenters. The normalized spacial score (nSPS) is 36.2. The van der Waals surface area contributed by atoms with E-state index in [4.69, 9.17) is 4.74 Å². The lowest BCUT2D eigenvalue weighted by atomic mass is 9.76. The van der Waals surface area contributed by atoms with Crippen molar-refractivity contribution < 1.29 is 9.84 Å². The molecule has 0 aromatic heterocycles. The van der Waals surface area contributed by atoms with Crippen molar-refractivity contribution in [3.63, 3.8) is 0 Å². The Hall–Kier alpha value is -0.0800. The second-order valence-electron chi connectivity index (χ2n) is 6.74. The minimum atomic E-state index is -0.503. The summed E-state index contributed by atoms with van der Waals surface area (Å²) in [5.41, 5.74) is -0.623. The maximum absolute atomic E-state index is 10.7. The highest BCUT2D eigenvalue weighted by molar-refractivity contribution is 4.93. The van der Waals surface area contributed by atoms with Gasteiger partial charge >= 0.3 is 0 Å². The van der Waals surface area contributed by atoms with E-state index in [1.54, 1.807) is 0 Å². The molecule has 17 heavy (non-hydrogen) atoms. The van der Waals surface area contributed by atoms with Crippen LogP contribution in [-0.2, 0) is 4.74 Å². The molecule has 0 bridgehead atoms. The van der Waals surface area contributed by atoms with Crippen molar-refractivity contribution in [3.8, 4) is 0 Å². The fraction of sp³-hybridized carbons (Fsp3) is 1.00. The largest absolute Gasteiger partial charge is 0.390 e. The molecule has 1 aliphatic rings. The van der Waals surface area contributed by atoms with Gasteiger partial charge in [0, 0.05) is 6.42 Å². The maximum atomic E-state index is 10.7. The number of hydrogen-bond donors (Lipinski definition) is 1. The van der Waals surface area contributed by atoms with Crippen molar-refractivity contribution >= 4 is 0 Å². The third kappa shape index (κ3) is 4.59. The molecular weight excluding hydrogens is 212 g/mol. The van der Waals surface area contributed by atoms with Crippen LogP contribution in [-0.4, -0.2) is 22.9 Å². The van der Waals surface area contributed by atoms with Gasteiger partial charge in [-0.05, 0) is 44.4 Å². The predicted octanol–water partition coefficient (Wildman–Crippen LogP) is 3.77. The molecule has 2 nitrogen and oxygen atoms in total. The van der Waals surface area contributed by atoms with Gasteiger partial charge in [-0.25, -0.2) is 0 Å². The summed E-state index contributed by atoms with van der Waals surface area (Å²) < 4.78 is 5.81. The van der Waals surface area contributed by atoms with Gasteiger partial charge in [-0.2, -0.15) is 0 Å². The first kappa shape index (κ1) is 15.0. The quantitative estimate of drug-likeness (QED) is 0.795. The van der Waals surface area contributed by atoms with Crippen LogP contribution in [0.25, 0.3) is 0 Å². The molecule has 0 aromatic rings. The van der Waals surface area contributed by atoms with Crippen LogP contribution < -0.4 is 0 Å². The highest BCUT2D eigenvalue weighted by Crippen LogP contribution is 2.38. The summed E-state index contributed by atoms with van der Waals surface area (Å²) in [6, 6.07) is 0. The lowest BCUT2D eigenvalue weighted by Crippen LogP contribution is -2.47. The molecule has 0 spiro atoms. The average molecular weight is 242 g/mol. The molecule has 3 unspecified atom stereocenters. The number of rotatable bonds is 5. The fourth-order valence-electron chi connectivity index (χ4n) is 3.26. The first-order valence-electron chi connectivity index (χ1n) is 7.15. The summed E-state index contributed by atoms with van der Waals surface area (Å²) in [6.07, 6.45) is 4.69. The van der Waals surface area contributed by atoms with Crippen LogP contribution in [0.2, 0.25) is 0 Å². The Labute approximate surface area is 107 Å². The number of hydrogen-bond acceptors (Lipinski definition) is 2.